The van der Waals surface area contributed by atoms with Gasteiger partial charge in [-0.2, -0.15) is 0 Å². The van der Waals surface area contributed by atoms with Crippen LogP contribution in [0, 0.1) is 0 Å². The predicted octanol–water partition coefficient (Wildman–Crippen LogP) is 2.56. The first-order valence-electron chi connectivity index (χ1n) is 7.10. The number of nitrogen functional groups attached to an aromatic ring is 1. The number of aromatic nitrogens is 2. The van der Waals surface area contributed by atoms with Crippen LogP contribution in [0.1, 0.15) is 29.8 Å². The monoisotopic (exact) mass is 334 g/mol. The van der Waals surface area contributed by atoms with Crippen molar-refractivity contribution in [2.75, 3.05) is 24.7 Å². The van der Waals surface area contributed by atoms with Gasteiger partial charge in [0.05, 0.1) is 5.92 Å². The summed E-state index contributed by atoms with van der Waals surface area (Å²) in [6.45, 7) is 1.57. The van der Waals surface area contributed by atoms with Crippen LogP contribution in [0.5, 0.6) is 0 Å². The summed E-state index contributed by atoms with van der Waals surface area (Å²) in [7, 11) is 3.59. The van der Waals surface area contributed by atoms with Gasteiger partial charge in [-0.1, -0.05) is 23.7 Å². The molecule has 0 bridgehead atoms. The second-order valence-electron chi connectivity index (χ2n) is 5.54. The number of carboxylic acids is 1. The maximum absolute atomic E-state index is 11.3. The zero-order chi connectivity index (χ0) is 17.1. The summed E-state index contributed by atoms with van der Waals surface area (Å²) in [5, 5.41) is 9.42. The molecule has 2 rings (SSSR count). The van der Waals surface area contributed by atoms with Crippen LogP contribution in [0.4, 0.5) is 11.5 Å². The minimum atomic E-state index is -0.968. The number of carbonyl (C=O) groups is 1. The number of benzene rings is 1. The fraction of sp³-hybridized carbons (Fsp3) is 0.312. The van der Waals surface area contributed by atoms with E-state index in [4.69, 9.17) is 17.3 Å². The molecule has 1 heterocycles. The molecule has 0 fully saturated rings. The lowest BCUT2D eigenvalue weighted by Crippen LogP contribution is -2.20. The van der Waals surface area contributed by atoms with E-state index in [0.29, 0.717) is 29.3 Å². The van der Waals surface area contributed by atoms with Crippen molar-refractivity contribution in [1.29, 1.82) is 0 Å². The Hall–Kier alpha value is -2.34. The Labute approximate surface area is 139 Å². The molecular weight excluding hydrogens is 316 g/mol. The molecule has 1 aromatic heterocycles. The van der Waals surface area contributed by atoms with E-state index >= 15 is 0 Å². The molecular formula is C16H19ClN4O2. The smallest absolute Gasteiger partial charge is 0.310 e. The van der Waals surface area contributed by atoms with Crippen molar-refractivity contribution in [3.63, 3.8) is 0 Å². The van der Waals surface area contributed by atoms with Gasteiger partial charge < -0.3 is 15.7 Å². The molecule has 0 spiro atoms. The summed E-state index contributed by atoms with van der Waals surface area (Å²) in [5.41, 5.74) is 7.78. The highest BCUT2D eigenvalue weighted by Crippen LogP contribution is 2.31. The van der Waals surface area contributed by atoms with Crippen molar-refractivity contribution in [3.05, 3.63) is 46.4 Å². The molecule has 3 N–H and O–H groups in total. The van der Waals surface area contributed by atoms with E-state index in [-0.39, 0.29) is 5.15 Å². The van der Waals surface area contributed by atoms with E-state index < -0.39 is 11.9 Å². The topological polar surface area (TPSA) is 92.3 Å². The zero-order valence-corrected chi connectivity index (χ0v) is 14.0. The number of anilines is 2. The third-order valence-corrected chi connectivity index (χ3v) is 3.78. The van der Waals surface area contributed by atoms with Gasteiger partial charge >= 0.3 is 5.97 Å². The van der Waals surface area contributed by atoms with Gasteiger partial charge in [-0.3, -0.25) is 4.79 Å². The van der Waals surface area contributed by atoms with Gasteiger partial charge in [-0.05, 0) is 24.6 Å². The molecule has 0 aliphatic heterocycles. The number of aliphatic carboxylic acids is 1. The van der Waals surface area contributed by atoms with Crippen LogP contribution in [-0.2, 0) is 11.2 Å². The zero-order valence-electron chi connectivity index (χ0n) is 13.2. The third kappa shape index (κ3) is 3.90. The Bertz CT molecular complexity index is 717. The Morgan fingerprint density at radius 2 is 1.91 bits per heavy atom. The molecule has 2 aromatic rings. The fourth-order valence-electron chi connectivity index (χ4n) is 2.21. The molecule has 7 heteroatoms. The number of carboxylic acid groups (broad SMARTS) is 1. The Balaban J connectivity index is 2.43. The average molecular weight is 335 g/mol. The molecule has 0 amide bonds. The number of rotatable bonds is 5. The largest absolute Gasteiger partial charge is 0.481 e. The summed E-state index contributed by atoms with van der Waals surface area (Å²) < 4.78 is 0. The van der Waals surface area contributed by atoms with Crippen LogP contribution in [0.15, 0.2) is 24.3 Å². The van der Waals surface area contributed by atoms with Crippen LogP contribution in [-0.4, -0.2) is 35.1 Å². The Morgan fingerprint density at radius 1 is 1.30 bits per heavy atom. The quantitative estimate of drug-likeness (QED) is 0.645. The highest BCUT2D eigenvalue weighted by atomic mass is 35.5. The Morgan fingerprint density at radius 3 is 2.43 bits per heavy atom. The van der Waals surface area contributed by atoms with E-state index in [1.807, 2.05) is 24.3 Å². The summed E-state index contributed by atoms with van der Waals surface area (Å²) in [6, 6.07) is 7.42. The van der Waals surface area contributed by atoms with E-state index in [1.165, 1.54) is 0 Å². The van der Waals surface area contributed by atoms with Gasteiger partial charge in [0.15, 0.2) is 0 Å². The second-order valence-corrected chi connectivity index (χ2v) is 5.90. The Kier molecular flexibility index (Phi) is 5.05. The first kappa shape index (κ1) is 17.0. The van der Waals surface area contributed by atoms with Crippen LogP contribution < -0.4 is 10.6 Å². The van der Waals surface area contributed by atoms with Crippen molar-refractivity contribution in [3.8, 4) is 0 Å². The SMILES string of the molecule is CC(C(=O)O)c1c(Cl)nc(Cc2ccc(N)cc2)nc1N(C)C. The van der Waals surface area contributed by atoms with Gasteiger partial charge in [0, 0.05) is 31.8 Å². The fourth-order valence-corrected chi connectivity index (χ4v) is 2.55. The van der Waals surface area contributed by atoms with Gasteiger partial charge in [-0.15, -0.1) is 0 Å². The first-order valence-corrected chi connectivity index (χ1v) is 7.48. The normalized spacial score (nSPS) is 12.0. The summed E-state index contributed by atoms with van der Waals surface area (Å²) in [6.07, 6.45) is 0.489. The van der Waals surface area contributed by atoms with E-state index in [9.17, 15) is 9.90 Å². The number of hydrogen-bond donors (Lipinski definition) is 2. The molecule has 6 nitrogen and oxygen atoms in total. The van der Waals surface area contributed by atoms with E-state index in [1.54, 1.807) is 25.9 Å². The number of nitrogens with two attached hydrogens (primary N) is 1. The molecule has 1 unspecified atom stereocenters. The van der Waals surface area contributed by atoms with Gasteiger partial charge in [0.25, 0.3) is 0 Å². The molecule has 0 radical (unpaired) electrons. The molecule has 0 aliphatic carbocycles. The highest BCUT2D eigenvalue weighted by Gasteiger charge is 2.25. The lowest BCUT2D eigenvalue weighted by atomic mass is 10.0. The molecule has 0 saturated heterocycles. The molecule has 1 atom stereocenters. The lowest BCUT2D eigenvalue weighted by molar-refractivity contribution is -0.138. The van der Waals surface area contributed by atoms with Crippen LogP contribution in [0.25, 0.3) is 0 Å². The van der Waals surface area contributed by atoms with Crippen molar-refractivity contribution < 1.29 is 9.90 Å². The van der Waals surface area contributed by atoms with Crippen molar-refractivity contribution in [2.24, 2.45) is 0 Å². The van der Waals surface area contributed by atoms with Gasteiger partial charge in [0.1, 0.15) is 16.8 Å². The number of halogens is 1. The summed E-state index contributed by atoms with van der Waals surface area (Å²) >= 11 is 6.25. The van der Waals surface area contributed by atoms with Crippen molar-refractivity contribution >= 4 is 29.1 Å². The summed E-state index contributed by atoms with van der Waals surface area (Å²) in [4.78, 5) is 21.8. The number of nitrogens with zero attached hydrogens (tertiary/aromatic N) is 3. The predicted molar refractivity (Wildman–Crippen MR) is 91.1 cm³/mol. The van der Waals surface area contributed by atoms with Gasteiger partial charge in [-0.25, -0.2) is 9.97 Å². The first-order chi connectivity index (χ1) is 10.8. The van der Waals surface area contributed by atoms with Crippen LogP contribution in [0.2, 0.25) is 5.15 Å². The molecule has 122 valence electrons. The average Bonchev–Trinajstić information content (AvgIpc) is 2.48. The molecule has 23 heavy (non-hydrogen) atoms. The van der Waals surface area contributed by atoms with Crippen molar-refractivity contribution in [2.45, 2.75) is 19.3 Å². The molecule has 0 aliphatic rings. The van der Waals surface area contributed by atoms with Gasteiger partial charge in [0.2, 0.25) is 0 Å². The molecule has 0 saturated carbocycles. The summed E-state index contributed by atoms with van der Waals surface area (Å²) in [5.74, 6) is -0.703. The maximum atomic E-state index is 11.3. The minimum absolute atomic E-state index is 0.170. The molecule has 1 aromatic carbocycles. The van der Waals surface area contributed by atoms with Crippen LogP contribution in [0.3, 0.4) is 0 Å². The van der Waals surface area contributed by atoms with E-state index in [2.05, 4.69) is 9.97 Å². The lowest BCUT2D eigenvalue weighted by Gasteiger charge is -2.20. The standard InChI is InChI=1S/C16H19ClN4O2/c1-9(16(22)23)13-14(17)19-12(20-15(13)21(2)3)8-10-4-6-11(18)7-5-10/h4-7,9H,8,18H2,1-3H3,(H,22,23). The highest BCUT2D eigenvalue weighted by molar-refractivity contribution is 6.30. The van der Waals surface area contributed by atoms with E-state index in [0.717, 1.165) is 5.56 Å². The second kappa shape index (κ2) is 6.83. The minimum Gasteiger partial charge on any atom is -0.481 e. The number of hydrogen-bond acceptors (Lipinski definition) is 5. The van der Waals surface area contributed by atoms with Crippen LogP contribution >= 0.6 is 11.6 Å². The third-order valence-electron chi connectivity index (χ3n) is 3.49. The maximum Gasteiger partial charge on any atom is 0.310 e. The van der Waals surface area contributed by atoms with Crippen molar-refractivity contribution in [1.82, 2.24) is 9.97 Å².